The zero-order valence-corrected chi connectivity index (χ0v) is 11.8. The molecule has 1 aliphatic rings. The van der Waals surface area contributed by atoms with E-state index < -0.39 is 4.92 Å². The third-order valence-electron chi connectivity index (χ3n) is 4.02. The molecule has 0 aromatic heterocycles. The van der Waals surface area contributed by atoms with Crippen molar-refractivity contribution in [3.8, 4) is 6.07 Å². The van der Waals surface area contributed by atoms with Gasteiger partial charge in [0.2, 0.25) is 0 Å². The van der Waals surface area contributed by atoms with E-state index >= 15 is 0 Å². The molecule has 0 unspecified atom stereocenters. The maximum atomic E-state index is 11.0. The number of nitrogens with zero attached hydrogens (tertiary/aromatic N) is 2. The van der Waals surface area contributed by atoms with Gasteiger partial charge in [0.1, 0.15) is 5.69 Å². The standard InChI is InChI=1S/C15H19N3O2/c1-15(2)7-5-12(6-8-15)17-13-9-11(10-16)3-4-14(13)18(19)20/h3-4,9,12,17H,5-8H2,1-2H3. The monoisotopic (exact) mass is 273 g/mol. The van der Waals surface area contributed by atoms with E-state index in [9.17, 15) is 10.1 Å². The summed E-state index contributed by atoms with van der Waals surface area (Å²) in [7, 11) is 0. The van der Waals surface area contributed by atoms with Crippen molar-refractivity contribution < 1.29 is 4.92 Å². The molecule has 1 aromatic carbocycles. The van der Waals surface area contributed by atoms with Crippen LogP contribution in [-0.4, -0.2) is 11.0 Å². The van der Waals surface area contributed by atoms with E-state index in [0.717, 1.165) is 25.7 Å². The van der Waals surface area contributed by atoms with Crippen LogP contribution in [0.3, 0.4) is 0 Å². The first-order chi connectivity index (χ1) is 9.41. The van der Waals surface area contributed by atoms with Crippen LogP contribution in [0.4, 0.5) is 11.4 Å². The molecule has 0 radical (unpaired) electrons. The van der Waals surface area contributed by atoms with Crippen LogP contribution in [0.1, 0.15) is 45.1 Å². The fourth-order valence-electron chi connectivity index (χ4n) is 2.64. The van der Waals surface area contributed by atoms with Gasteiger partial charge in [0.25, 0.3) is 5.69 Å². The zero-order valence-electron chi connectivity index (χ0n) is 11.8. The second-order valence-electron chi connectivity index (χ2n) is 6.18. The molecule has 0 aliphatic heterocycles. The lowest BCUT2D eigenvalue weighted by Gasteiger charge is -2.35. The minimum absolute atomic E-state index is 0.0360. The molecule has 0 saturated heterocycles. The molecule has 0 heterocycles. The minimum atomic E-state index is -0.406. The third-order valence-corrected chi connectivity index (χ3v) is 4.02. The number of anilines is 1. The molecule has 1 saturated carbocycles. The molecular formula is C15H19N3O2. The number of nitriles is 1. The summed E-state index contributed by atoms with van der Waals surface area (Å²) in [6, 6.07) is 6.71. The van der Waals surface area contributed by atoms with Crippen molar-refractivity contribution in [1.29, 1.82) is 5.26 Å². The Morgan fingerprint density at radius 3 is 2.60 bits per heavy atom. The Balaban J connectivity index is 2.16. The third kappa shape index (κ3) is 3.27. The van der Waals surface area contributed by atoms with Crippen LogP contribution in [0.15, 0.2) is 18.2 Å². The highest BCUT2D eigenvalue weighted by Crippen LogP contribution is 2.37. The van der Waals surface area contributed by atoms with Crippen LogP contribution in [-0.2, 0) is 0 Å². The normalized spacial score (nSPS) is 18.2. The fraction of sp³-hybridized carbons (Fsp3) is 0.533. The van der Waals surface area contributed by atoms with E-state index in [-0.39, 0.29) is 11.7 Å². The van der Waals surface area contributed by atoms with Gasteiger partial charge < -0.3 is 5.32 Å². The highest BCUT2D eigenvalue weighted by molar-refractivity contribution is 5.64. The van der Waals surface area contributed by atoms with Gasteiger partial charge in [0, 0.05) is 12.1 Å². The van der Waals surface area contributed by atoms with E-state index in [0.29, 0.717) is 16.7 Å². The van der Waals surface area contributed by atoms with Crippen molar-refractivity contribution in [2.24, 2.45) is 5.41 Å². The van der Waals surface area contributed by atoms with Crippen LogP contribution in [0.25, 0.3) is 0 Å². The van der Waals surface area contributed by atoms with Crippen LogP contribution in [0, 0.1) is 26.9 Å². The molecule has 5 heteroatoms. The van der Waals surface area contributed by atoms with Gasteiger partial charge in [0.05, 0.1) is 16.6 Å². The molecule has 0 bridgehead atoms. The van der Waals surface area contributed by atoms with Crippen molar-refractivity contribution in [2.45, 2.75) is 45.6 Å². The smallest absolute Gasteiger partial charge is 0.292 e. The van der Waals surface area contributed by atoms with Gasteiger partial charge in [-0.15, -0.1) is 0 Å². The SMILES string of the molecule is CC1(C)CCC(Nc2cc(C#N)ccc2[N+](=O)[O-])CC1. The first kappa shape index (κ1) is 14.3. The van der Waals surface area contributed by atoms with Gasteiger partial charge in [-0.1, -0.05) is 13.8 Å². The summed E-state index contributed by atoms with van der Waals surface area (Å²) < 4.78 is 0. The van der Waals surface area contributed by atoms with E-state index in [4.69, 9.17) is 5.26 Å². The van der Waals surface area contributed by atoms with E-state index in [1.807, 2.05) is 6.07 Å². The van der Waals surface area contributed by atoms with Crippen LogP contribution in [0.2, 0.25) is 0 Å². The fourth-order valence-corrected chi connectivity index (χ4v) is 2.64. The van der Waals surface area contributed by atoms with Gasteiger partial charge in [-0.3, -0.25) is 10.1 Å². The maximum Gasteiger partial charge on any atom is 0.292 e. The molecule has 1 fully saturated rings. The molecule has 0 atom stereocenters. The molecule has 1 aromatic rings. The predicted molar refractivity (Wildman–Crippen MR) is 77.5 cm³/mol. The van der Waals surface area contributed by atoms with Crippen molar-refractivity contribution in [3.05, 3.63) is 33.9 Å². The van der Waals surface area contributed by atoms with Gasteiger partial charge in [-0.2, -0.15) is 5.26 Å². The number of rotatable bonds is 3. The van der Waals surface area contributed by atoms with E-state index in [1.165, 1.54) is 12.1 Å². The summed E-state index contributed by atoms with van der Waals surface area (Å²) in [5.74, 6) is 0. The molecule has 106 valence electrons. The predicted octanol–water partition coefficient (Wildman–Crippen LogP) is 3.85. The number of hydrogen-bond donors (Lipinski definition) is 1. The van der Waals surface area contributed by atoms with E-state index in [1.54, 1.807) is 6.07 Å². The minimum Gasteiger partial charge on any atom is -0.377 e. The summed E-state index contributed by atoms with van der Waals surface area (Å²) in [6.07, 6.45) is 4.22. The Bertz CT molecular complexity index is 551. The first-order valence-corrected chi connectivity index (χ1v) is 6.86. The highest BCUT2D eigenvalue weighted by Gasteiger charge is 2.28. The molecule has 2 rings (SSSR count). The van der Waals surface area contributed by atoms with E-state index in [2.05, 4.69) is 19.2 Å². The summed E-state index contributed by atoms with van der Waals surface area (Å²) in [4.78, 5) is 10.6. The molecule has 5 nitrogen and oxygen atoms in total. The number of hydrogen-bond acceptors (Lipinski definition) is 4. The van der Waals surface area contributed by atoms with Gasteiger partial charge in [-0.05, 0) is 43.2 Å². The molecule has 0 spiro atoms. The Hall–Kier alpha value is -2.09. The van der Waals surface area contributed by atoms with Gasteiger partial charge >= 0.3 is 0 Å². The molecule has 20 heavy (non-hydrogen) atoms. The number of nitrogens with one attached hydrogen (secondary N) is 1. The van der Waals surface area contributed by atoms with Gasteiger partial charge in [-0.25, -0.2) is 0 Å². The average Bonchev–Trinajstić information content (AvgIpc) is 2.40. The van der Waals surface area contributed by atoms with Crippen molar-refractivity contribution in [2.75, 3.05) is 5.32 Å². The quantitative estimate of drug-likeness (QED) is 0.670. The lowest BCUT2D eigenvalue weighted by atomic mass is 9.75. The van der Waals surface area contributed by atoms with Crippen LogP contribution >= 0.6 is 0 Å². The summed E-state index contributed by atoms with van der Waals surface area (Å²) in [6.45, 7) is 4.50. The van der Waals surface area contributed by atoms with Crippen LogP contribution in [0.5, 0.6) is 0 Å². The number of nitro groups is 1. The second kappa shape index (κ2) is 5.49. The maximum absolute atomic E-state index is 11.0. The average molecular weight is 273 g/mol. The second-order valence-corrected chi connectivity index (χ2v) is 6.18. The molecule has 0 amide bonds. The topological polar surface area (TPSA) is 79.0 Å². The highest BCUT2D eigenvalue weighted by atomic mass is 16.6. The van der Waals surface area contributed by atoms with Gasteiger partial charge in [0.15, 0.2) is 0 Å². The molecule has 1 N–H and O–H groups in total. The lowest BCUT2D eigenvalue weighted by molar-refractivity contribution is -0.384. The van der Waals surface area contributed by atoms with Crippen molar-refractivity contribution in [1.82, 2.24) is 0 Å². The Labute approximate surface area is 118 Å². The lowest BCUT2D eigenvalue weighted by Crippen LogP contribution is -2.30. The zero-order chi connectivity index (χ0) is 14.8. The summed E-state index contributed by atoms with van der Waals surface area (Å²) >= 11 is 0. The van der Waals surface area contributed by atoms with Crippen LogP contribution < -0.4 is 5.32 Å². The largest absolute Gasteiger partial charge is 0.377 e. The number of benzene rings is 1. The van der Waals surface area contributed by atoms with Crippen molar-refractivity contribution in [3.63, 3.8) is 0 Å². The first-order valence-electron chi connectivity index (χ1n) is 6.86. The number of nitro benzene ring substituents is 1. The van der Waals surface area contributed by atoms with Crippen molar-refractivity contribution >= 4 is 11.4 Å². The summed E-state index contributed by atoms with van der Waals surface area (Å²) in [5.41, 5.74) is 1.29. The Kier molecular flexibility index (Phi) is 3.93. The summed E-state index contributed by atoms with van der Waals surface area (Å²) in [5, 5.41) is 23.2. The molecular weight excluding hydrogens is 254 g/mol. The Morgan fingerprint density at radius 2 is 2.05 bits per heavy atom. The Morgan fingerprint density at radius 1 is 1.40 bits per heavy atom. The molecule has 1 aliphatic carbocycles.